The minimum atomic E-state index is -0.216. The molecular weight excluding hydrogens is 294 g/mol. The molecule has 0 aliphatic rings. The van der Waals surface area contributed by atoms with Gasteiger partial charge in [0.2, 0.25) is 5.91 Å². The van der Waals surface area contributed by atoms with Crippen molar-refractivity contribution in [3.63, 3.8) is 0 Å². The van der Waals surface area contributed by atoms with Gasteiger partial charge in [0, 0.05) is 18.9 Å². The fourth-order valence-corrected chi connectivity index (χ4v) is 3.07. The van der Waals surface area contributed by atoms with Crippen molar-refractivity contribution in [2.45, 2.75) is 31.2 Å². The van der Waals surface area contributed by atoms with E-state index < -0.39 is 0 Å². The van der Waals surface area contributed by atoms with Crippen LogP contribution in [0.1, 0.15) is 18.1 Å². The minimum Gasteiger partial charge on any atom is -0.352 e. The molecule has 0 bridgehead atoms. The molecule has 5 heteroatoms. The summed E-state index contributed by atoms with van der Waals surface area (Å²) in [6.07, 6.45) is 5.36. The number of nitrogens with one attached hydrogen (secondary N) is 1. The van der Waals surface area contributed by atoms with Gasteiger partial charge < -0.3 is 5.32 Å². The lowest BCUT2D eigenvalue weighted by molar-refractivity contribution is -0.120. The monoisotopic (exact) mass is 315 g/mol. The Hall–Kier alpha value is -2.01. The molecule has 0 fully saturated rings. The number of nitrogens with zero attached hydrogens (tertiary/aromatic N) is 2. The molecule has 0 radical (unpaired) electrons. The molecule has 2 rings (SSSR count). The van der Waals surface area contributed by atoms with E-state index in [1.54, 1.807) is 12.3 Å². The first-order valence-corrected chi connectivity index (χ1v) is 8.07. The van der Waals surface area contributed by atoms with Gasteiger partial charge in [-0.15, -0.1) is 6.58 Å². The van der Waals surface area contributed by atoms with E-state index in [2.05, 4.69) is 48.9 Å². The van der Waals surface area contributed by atoms with Crippen molar-refractivity contribution < 1.29 is 4.79 Å². The van der Waals surface area contributed by atoms with E-state index in [1.165, 1.54) is 22.9 Å². The van der Waals surface area contributed by atoms with Gasteiger partial charge in [0.1, 0.15) is 0 Å². The number of aryl methyl sites for hydroxylation is 2. The molecule has 1 amide bonds. The molecule has 1 N–H and O–H groups in total. The Kier molecular flexibility index (Phi) is 5.44. The second-order valence-electron chi connectivity index (χ2n) is 5.16. The van der Waals surface area contributed by atoms with Crippen LogP contribution < -0.4 is 5.32 Å². The fraction of sp³-hybridized carbons (Fsp3) is 0.294. The topological polar surface area (TPSA) is 46.9 Å². The van der Waals surface area contributed by atoms with E-state index >= 15 is 0 Å². The number of carbonyl (C=O) groups excluding carboxylic acids is 1. The number of carbonyl (C=O) groups is 1. The molecule has 0 aliphatic heterocycles. The van der Waals surface area contributed by atoms with Gasteiger partial charge >= 0.3 is 0 Å². The molecule has 0 saturated carbocycles. The predicted molar refractivity (Wildman–Crippen MR) is 91.6 cm³/mol. The maximum Gasteiger partial charge on any atom is 0.233 e. The lowest BCUT2D eigenvalue weighted by Crippen LogP contribution is -2.31. The summed E-state index contributed by atoms with van der Waals surface area (Å²) in [6, 6.07) is 6.31. The summed E-state index contributed by atoms with van der Waals surface area (Å²) in [6.45, 7) is 10.1. The first kappa shape index (κ1) is 16.4. The normalized spacial score (nSPS) is 12.0. The highest BCUT2D eigenvalue weighted by atomic mass is 32.2. The number of hydrogen-bond acceptors (Lipinski definition) is 3. The first-order chi connectivity index (χ1) is 10.5. The van der Waals surface area contributed by atoms with Gasteiger partial charge in [-0.05, 0) is 32.4 Å². The van der Waals surface area contributed by atoms with E-state index in [9.17, 15) is 4.79 Å². The molecular formula is C17H21N3OS. The highest BCUT2D eigenvalue weighted by molar-refractivity contribution is 8.00. The van der Waals surface area contributed by atoms with Crippen LogP contribution in [0.15, 0.2) is 48.4 Å². The molecule has 1 heterocycles. The van der Waals surface area contributed by atoms with Crippen LogP contribution in [0.2, 0.25) is 0 Å². The van der Waals surface area contributed by atoms with Gasteiger partial charge in [0.05, 0.1) is 10.9 Å². The molecule has 0 unspecified atom stereocenters. The molecule has 1 aromatic carbocycles. The van der Waals surface area contributed by atoms with Crippen LogP contribution in [0.3, 0.4) is 0 Å². The molecule has 4 nitrogen and oxygen atoms in total. The Morgan fingerprint density at radius 2 is 2.27 bits per heavy atom. The summed E-state index contributed by atoms with van der Waals surface area (Å²) in [5.41, 5.74) is 3.50. The van der Waals surface area contributed by atoms with Gasteiger partial charge in [0.25, 0.3) is 0 Å². The van der Waals surface area contributed by atoms with E-state index in [4.69, 9.17) is 0 Å². The molecule has 22 heavy (non-hydrogen) atoms. The van der Waals surface area contributed by atoms with Crippen molar-refractivity contribution >= 4 is 17.7 Å². The smallest absolute Gasteiger partial charge is 0.233 e. The van der Waals surface area contributed by atoms with E-state index in [-0.39, 0.29) is 11.2 Å². The predicted octanol–water partition coefficient (Wildman–Crippen LogP) is 3.27. The third-order valence-corrected chi connectivity index (χ3v) is 4.37. The summed E-state index contributed by atoms with van der Waals surface area (Å²) >= 11 is 1.45. The van der Waals surface area contributed by atoms with Crippen LogP contribution in [0.25, 0.3) is 5.69 Å². The standard InChI is InChI=1S/C17H21N3OS/c1-5-8-18-16(21)14(4)22-17-19-9-10-20(17)15-7-6-12(2)11-13(15)3/h5-7,9-11,14H,1,8H2,2-4H3,(H,18,21)/t14-/m1/s1. The van der Waals surface area contributed by atoms with Gasteiger partial charge in [-0.25, -0.2) is 4.98 Å². The fourth-order valence-electron chi connectivity index (χ4n) is 2.16. The van der Waals surface area contributed by atoms with Crippen molar-refractivity contribution in [1.29, 1.82) is 0 Å². The van der Waals surface area contributed by atoms with Crippen LogP contribution in [-0.2, 0) is 4.79 Å². The zero-order valence-electron chi connectivity index (χ0n) is 13.2. The van der Waals surface area contributed by atoms with Crippen molar-refractivity contribution in [3.05, 3.63) is 54.4 Å². The van der Waals surface area contributed by atoms with Crippen molar-refractivity contribution in [2.24, 2.45) is 0 Å². The number of thioether (sulfide) groups is 1. The summed E-state index contributed by atoms with van der Waals surface area (Å²) in [5, 5.41) is 3.41. The maximum atomic E-state index is 12.0. The Morgan fingerprint density at radius 3 is 2.95 bits per heavy atom. The SMILES string of the molecule is C=CCNC(=O)[C@@H](C)Sc1nccn1-c1ccc(C)cc1C. The lowest BCUT2D eigenvalue weighted by Gasteiger charge is -2.14. The highest BCUT2D eigenvalue weighted by Gasteiger charge is 2.17. The average Bonchev–Trinajstić information content (AvgIpc) is 2.92. The van der Waals surface area contributed by atoms with E-state index in [0.29, 0.717) is 6.54 Å². The van der Waals surface area contributed by atoms with Gasteiger partial charge in [-0.2, -0.15) is 0 Å². The Balaban J connectivity index is 2.19. The second-order valence-corrected chi connectivity index (χ2v) is 6.47. The van der Waals surface area contributed by atoms with Gasteiger partial charge in [-0.1, -0.05) is 35.5 Å². The molecule has 116 valence electrons. The minimum absolute atomic E-state index is 0.0138. The van der Waals surface area contributed by atoms with Crippen molar-refractivity contribution in [2.75, 3.05) is 6.54 Å². The Labute approximate surface area is 135 Å². The zero-order chi connectivity index (χ0) is 16.1. The van der Waals surface area contributed by atoms with Crippen LogP contribution >= 0.6 is 11.8 Å². The molecule has 2 aromatic rings. The third kappa shape index (κ3) is 3.80. The third-order valence-electron chi connectivity index (χ3n) is 3.29. The number of amides is 1. The summed E-state index contributed by atoms with van der Waals surface area (Å²) < 4.78 is 2.02. The van der Waals surface area contributed by atoms with Gasteiger partial charge in [0.15, 0.2) is 5.16 Å². The zero-order valence-corrected chi connectivity index (χ0v) is 14.0. The van der Waals surface area contributed by atoms with Crippen molar-refractivity contribution in [3.8, 4) is 5.69 Å². The highest BCUT2D eigenvalue weighted by Crippen LogP contribution is 2.26. The van der Waals surface area contributed by atoms with Crippen LogP contribution in [0, 0.1) is 13.8 Å². The number of aromatic nitrogens is 2. The summed E-state index contributed by atoms with van der Waals surface area (Å²) in [4.78, 5) is 16.4. The summed E-state index contributed by atoms with van der Waals surface area (Å²) in [7, 11) is 0. The van der Waals surface area contributed by atoms with Crippen LogP contribution in [0.4, 0.5) is 0 Å². The first-order valence-electron chi connectivity index (χ1n) is 7.19. The van der Waals surface area contributed by atoms with Crippen LogP contribution in [0.5, 0.6) is 0 Å². The molecule has 0 saturated heterocycles. The number of hydrogen-bond donors (Lipinski definition) is 1. The average molecular weight is 315 g/mol. The van der Waals surface area contributed by atoms with E-state index in [0.717, 1.165) is 10.8 Å². The lowest BCUT2D eigenvalue weighted by atomic mass is 10.1. The largest absolute Gasteiger partial charge is 0.352 e. The second kappa shape index (κ2) is 7.31. The number of imidazole rings is 1. The number of rotatable bonds is 6. The van der Waals surface area contributed by atoms with Crippen molar-refractivity contribution in [1.82, 2.24) is 14.9 Å². The molecule has 0 spiro atoms. The molecule has 0 aliphatic carbocycles. The summed E-state index contributed by atoms with van der Waals surface area (Å²) in [5.74, 6) is -0.0138. The van der Waals surface area contributed by atoms with E-state index in [1.807, 2.05) is 17.7 Å². The molecule has 1 aromatic heterocycles. The maximum absolute atomic E-state index is 12.0. The number of benzene rings is 1. The molecule has 1 atom stereocenters. The Morgan fingerprint density at radius 1 is 1.50 bits per heavy atom. The Bertz CT molecular complexity index is 678. The van der Waals surface area contributed by atoms with Crippen LogP contribution in [-0.4, -0.2) is 27.3 Å². The quantitative estimate of drug-likeness (QED) is 0.657. The van der Waals surface area contributed by atoms with Gasteiger partial charge in [-0.3, -0.25) is 9.36 Å².